The number of nitrogens with two attached hydrogens (primary N) is 1. The Morgan fingerprint density at radius 1 is 0.895 bits per heavy atom. The van der Waals surface area contributed by atoms with Gasteiger partial charge in [-0.25, -0.2) is 0 Å². The molecule has 0 radical (unpaired) electrons. The van der Waals surface area contributed by atoms with E-state index in [1.165, 1.54) is 57.8 Å². The Morgan fingerprint density at radius 3 is 1.89 bits per heavy atom. The Balaban J connectivity index is 0. The van der Waals surface area contributed by atoms with Gasteiger partial charge in [-0.05, 0) is 43.6 Å². The smallest absolute Gasteiger partial charge is 0.00771 e. The SMILES string of the molecule is CC.CCCCCC(C)(CCCN)CCCC(C)C. The third-order valence-corrected chi connectivity index (χ3v) is 3.93. The van der Waals surface area contributed by atoms with E-state index >= 15 is 0 Å². The molecule has 0 aromatic heterocycles. The molecular formula is C18H41N. The lowest BCUT2D eigenvalue weighted by Crippen LogP contribution is -2.18. The summed E-state index contributed by atoms with van der Waals surface area (Å²) >= 11 is 0. The molecule has 0 saturated heterocycles. The summed E-state index contributed by atoms with van der Waals surface area (Å²) in [6.07, 6.45) is 12.2. The lowest BCUT2D eigenvalue weighted by atomic mass is 9.76. The molecule has 0 amide bonds. The van der Waals surface area contributed by atoms with E-state index in [4.69, 9.17) is 5.73 Å². The first-order valence-corrected chi connectivity index (χ1v) is 8.74. The molecule has 0 bridgehead atoms. The van der Waals surface area contributed by atoms with Gasteiger partial charge in [0.25, 0.3) is 0 Å². The summed E-state index contributed by atoms with van der Waals surface area (Å²) in [6, 6.07) is 0. The maximum Gasteiger partial charge on any atom is -0.00771 e. The van der Waals surface area contributed by atoms with Crippen molar-refractivity contribution in [3.8, 4) is 0 Å². The van der Waals surface area contributed by atoms with Crippen molar-refractivity contribution in [2.24, 2.45) is 17.1 Å². The second-order valence-electron chi connectivity index (χ2n) is 6.45. The molecule has 1 atom stereocenters. The van der Waals surface area contributed by atoms with Crippen LogP contribution in [0.2, 0.25) is 0 Å². The molecule has 118 valence electrons. The zero-order valence-corrected chi connectivity index (χ0v) is 14.7. The highest BCUT2D eigenvalue weighted by atomic mass is 14.5. The molecule has 0 rings (SSSR count). The van der Waals surface area contributed by atoms with Gasteiger partial charge in [0, 0.05) is 0 Å². The van der Waals surface area contributed by atoms with Gasteiger partial charge in [-0.2, -0.15) is 0 Å². The van der Waals surface area contributed by atoms with Crippen molar-refractivity contribution in [2.75, 3.05) is 6.54 Å². The fourth-order valence-corrected chi connectivity index (χ4v) is 2.64. The molecule has 0 aromatic carbocycles. The second-order valence-corrected chi connectivity index (χ2v) is 6.45. The van der Waals surface area contributed by atoms with Crippen molar-refractivity contribution in [3.63, 3.8) is 0 Å². The number of rotatable bonds is 11. The second kappa shape index (κ2) is 14.4. The minimum absolute atomic E-state index is 0.559. The topological polar surface area (TPSA) is 26.0 Å². The van der Waals surface area contributed by atoms with Crippen LogP contribution < -0.4 is 5.73 Å². The number of unbranched alkanes of at least 4 members (excludes halogenated alkanes) is 2. The Bertz CT molecular complexity index is 165. The molecule has 0 aliphatic rings. The summed E-state index contributed by atoms with van der Waals surface area (Å²) in [4.78, 5) is 0. The maximum absolute atomic E-state index is 5.67. The average molecular weight is 272 g/mol. The van der Waals surface area contributed by atoms with Gasteiger partial charge < -0.3 is 5.73 Å². The van der Waals surface area contributed by atoms with Crippen LogP contribution in [0, 0.1) is 11.3 Å². The molecule has 1 heteroatoms. The zero-order chi connectivity index (χ0) is 15.1. The fraction of sp³-hybridized carbons (Fsp3) is 1.00. The van der Waals surface area contributed by atoms with E-state index < -0.39 is 0 Å². The van der Waals surface area contributed by atoms with Gasteiger partial charge >= 0.3 is 0 Å². The van der Waals surface area contributed by atoms with Crippen LogP contribution in [0.15, 0.2) is 0 Å². The quantitative estimate of drug-likeness (QED) is 0.447. The van der Waals surface area contributed by atoms with E-state index in [1.807, 2.05) is 13.8 Å². The Kier molecular flexibility index (Phi) is 16.1. The lowest BCUT2D eigenvalue weighted by Gasteiger charge is -2.30. The highest BCUT2D eigenvalue weighted by Crippen LogP contribution is 2.35. The van der Waals surface area contributed by atoms with Crippen LogP contribution in [0.4, 0.5) is 0 Å². The average Bonchev–Trinajstić information content (AvgIpc) is 2.39. The van der Waals surface area contributed by atoms with Crippen molar-refractivity contribution >= 4 is 0 Å². The number of hydrogen-bond acceptors (Lipinski definition) is 1. The van der Waals surface area contributed by atoms with Crippen LogP contribution in [0.25, 0.3) is 0 Å². The molecule has 0 fully saturated rings. The highest BCUT2D eigenvalue weighted by Gasteiger charge is 2.22. The van der Waals surface area contributed by atoms with Gasteiger partial charge in [0.15, 0.2) is 0 Å². The van der Waals surface area contributed by atoms with Crippen LogP contribution in [-0.2, 0) is 0 Å². The first-order chi connectivity index (χ1) is 9.04. The van der Waals surface area contributed by atoms with E-state index in [0.717, 1.165) is 12.5 Å². The summed E-state index contributed by atoms with van der Waals surface area (Å²) < 4.78 is 0. The van der Waals surface area contributed by atoms with Crippen LogP contribution >= 0.6 is 0 Å². The molecule has 0 aliphatic carbocycles. The van der Waals surface area contributed by atoms with Crippen molar-refractivity contribution in [3.05, 3.63) is 0 Å². The molecule has 0 saturated carbocycles. The van der Waals surface area contributed by atoms with Gasteiger partial charge in [0.1, 0.15) is 0 Å². The van der Waals surface area contributed by atoms with Gasteiger partial charge in [-0.3, -0.25) is 0 Å². The molecular weight excluding hydrogens is 230 g/mol. The molecule has 0 aromatic rings. The normalized spacial score (nSPS) is 13.9. The van der Waals surface area contributed by atoms with Crippen molar-refractivity contribution < 1.29 is 0 Å². The van der Waals surface area contributed by atoms with Crippen molar-refractivity contribution in [1.82, 2.24) is 0 Å². The molecule has 2 N–H and O–H groups in total. The first-order valence-electron chi connectivity index (χ1n) is 8.74. The van der Waals surface area contributed by atoms with E-state index in [2.05, 4.69) is 27.7 Å². The zero-order valence-electron chi connectivity index (χ0n) is 14.7. The summed E-state index contributed by atoms with van der Waals surface area (Å²) in [5, 5.41) is 0. The third kappa shape index (κ3) is 14.2. The minimum atomic E-state index is 0.559. The van der Waals surface area contributed by atoms with Gasteiger partial charge in [-0.1, -0.05) is 73.6 Å². The Morgan fingerprint density at radius 2 is 1.42 bits per heavy atom. The summed E-state index contributed by atoms with van der Waals surface area (Å²) in [5.41, 5.74) is 6.23. The van der Waals surface area contributed by atoms with Crippen LogP contribution in [0.1, 0.15) is 99.3 Å². The third-order valence-electron chi connectivity index (χ3n) is 3.93. The van der Waals surface area contributed by atoms with Crippen LogP contribution in [0.3, 0.4) is 0 Å². The fourth-order valence-electron chi connectivity index (χ4n) is 2.64. The molecule has 0 spiro atoms. The summed E-state index contributed by atoms with van der Waals surface area (Å²) in [5.74, 6) is 0.851. The van der Waals surface area contributed by atoms with Crippen molar-refractivity contribution in [2.45, 2.75) is 99.3 Å². The summed E-state index contributed by atoms with van der Waals surface area (Å²) in [7, 11) is 0. The van der Waals surface area contributed by atoms with Crippen molar-refractivity contribution in [1.29, 1.82) is 0 Å². The molecule has 1 unspecified atom stereocenters. The molecule has 1 nitrogen and oxygen atoms in total. The predicted molar refractivity (Wildman–Crippen MR) is 90.6 cm³/mol. The molecule has 0 heterocycles. The first kappa shape index (κ1) is 21.3. The van der Waals surface area contributed by atoms with Gasteiger partial charge in [-0.15, -0.1) is 0 Å². The lowest BCUT2D eigenvalue weighted by molar-refractivity contribution is 0.224. The van der Waals surface area contributed by atoms with Crippen LogP contribution in [0.5, 0.6) is 0 Å². The minimum Gasteiger partial charge on any atom is -0.330 e. The standard InChI is InChI=1S/C16H35N.C2H6/c1-5-6-7-11-16(4,13-9-14-17)12-8-10-15(2)3;1-2/h15H,5-14,17H2,1-4H3;1-2H3. The molecule has 0 aliphatic heterocycles. The molecule has 19 heavy (non-hydrogen) atoms. The van der Waals surface area contributed by atoms with Gasteiger partial charge in [0.2, 0.25) is 0 Å². The number of hydrogen-bond donors (Lipinski definition) is 1. The van der Waals surface area contributed by atoms with Gasteiger partial charge in [0.05, 0.1) is 0 Å². The van der Waals surface area contributed by atoms with E-state index in [0.29, 0.717) is 5.41 Å². The predicted octanol–water partition coefficient (Wildman–Crippen LogP) is 6.16. The van der Waals surface area contributed by atoms with Crippen LogP contribution in [-0.4, -0.2) is 6.54 Å². The van der Waals surface area contributed by atoms with E-state index in [1.54, 1.807) is 0 Å². The highest BCUT2D eigenvalue weighted by molar-refractivity contribution is 4.75. The Labute approximate surface area is 123 Å². The monoisotopic (exact) mass is 271 g/mol. The van der Waals surface area contributed by atoms with E-state index in [-0.39, 0.29) is 0 Å². The summed E-state index contributed by atoms with van der Waals surface area (Å²) in [6.45, 7) is 14.3. The Hall–Kier alpha value is -0.0400. The van der Waals surface area contributed by atoms with E-state index in [9.17, 15) is 0 Å². The largest absolute Gasteiger partial charge is 0.330 e. The maximum atomic E-state index is 5.67.